The van der Waals surface area contributed by atoms with Gasteiger partial charge in [-0.25, -0.2) is 8.42 Å². The minimum Gasteiger partial charge on any atom is -0.416 e. The van der Waals surface area contributed by atoms with Crippen molar-refractivity contribution in [2.75, 3.05) is 11.6 Å². The molecule has 0 unspecified atom stereocenters. The van der Waals surface area contributed by atoms with Crippen LogP contribution >= 0.6 is 0 Å². The van der Waals surface area contributed by atoms with Crippen LogP contribution in [0.15, 0.2) is 35.2 Å². The Morgan fingerprint density at radius 2 is 1.78 bits per heavy atom. The molecule has 37 heavy (non-hydrogen) atoms. The number of nitriles is 1. The first-order valence-electron chi connectivity index (χ1n) is 10.7. The zero-order valence-electron chi connectivity index (χ0n) is 19.7. The smallest absolute Gasteiger partial charge is 0.416 e. The molecule has 10 nitrogen and oxygen atoms in total. The summed E-state index contributed by atoms with van der Waals surface area (Å²) in [5, 5.41) is 26.4. The van der Waals surface area contributed by atoms with Gasteiger partial charge in [0.1, 0.15) is 11.0 Å². The Labute approximate surface area is 209 Å². The van der Waals surface area contributed by atoms with Crippen molar-refractivity contribution >= 4 is 21.4 Å². The second-order valence-electron chi connectivity index (χ2n) is 8.62. The first-order valence-corrected chi connectivity index (χ1v) is 12.6. The zero-order valence-corrected chi connectivity index (χ0v) is 20.5. The van der Waals surface area contributed by atoms with Crippen molar-refractivity contribution in [3.8, 4) is 17.8 Å². The number of sulfone groups is 1. The largest absolute Gasteiger partial charge is 0.435 e. The van der Waals surface area contributed by atoms with Gasteiger partial charge in [-0.2, -0.15) is 23.5 Å². The Bertz CT molecular complexity index is 1560. The fourth-order valence-corrected chi connectivity index (χ4v) is 4.22. The molecular weight excluding hydrogens is 513 g/mol. The van der Waals surface area contributed by atoms with Crippen molar-refractivity contribution in [3.63, 3.8) is 0 Å². The van der Waals surface area contributed by atoms with Crippen LogP contribution in [0.2, 0.25) is 0 Å². The number of carbonyl (C=O) groups excluding carboxylic acids is 1. The summed E-state index contributed by atoms with van der Waals surface area (Å²) < 4.78 is 69.9. The van der Waals surface area contributed by atoms with Crippen LogP contribution in [0.25, 0.3) is 0 Å². The van der Waals surface area contributed by atoms with E-state index in [4.69, 9.17) is 4.74 Å². The molecule has 0 spiro atoms. The lowest BCUT2D eigenvalue weighted by Crippen LogP contribution is -2.21. The topological polar surface area (TPSA) is 148 Å². The van der Waals surface area contributed by atoms with Gasteiger partial charge in [0, 0.05) is 17.5 Å². The Hall–Kier alpha value is -4.12. The highest BCUT2D eigenvalue weighted by atomic mass is 32.2. The van der Waals surface area contributed by atoms with E-state index in [0.29, 0.717) is 24.1 Å². The number of aryl methyl sites for hydroxylation is 1. The van der Waals surface area contributed by atoms with Gasteiger partial charge in [0.05, 0.1) is 16.7 Å². The summed E-state index contributed by atoms with van der Waals surface area (Å²) in [7, 11) is -3.61. The second-order valence-corrected chi connectivity index (χ2v) is 10.6. The lowest BCUT2D eigenvalue weighted by atomic mass is 10.0. The fourth-order valence-electron chi connectivity index (χ4n) is 3.56. The van der Waals surface area contributed by atoms with Gasteiger partial charge >= 0.3 is 6.18 Å². The van der Waals surface area contributed by atoms with Gasteiger partial charge in [-0.1, -0.05) is 6.07 Å². The number of benzene rings is 1. The number of hydrogen-bond acceptors (Lipinski definition) is 9. The Morgan fingerprint density at radius 3 is 2.35 bits per heavy atom. The maximum atomic E-state index is 13.5. The minimum absolute atomic E-state index is 0.0233. The third kappa shape index (κ3) is 5.21. The van der Waals surface area contributed by atoms with Crippen LogP contribution in [0, 0.1) is 25.2 Å². The Kier molecular flexibility index (Phi) is 6.37. The van der Waals surface area contributed by atoms with Gasteiger partial charge in [0.25, 0.3) is 11.8 Å². The number of nitrogens with zero attached hydrogens (tertiary/aromatic N) is 5. The molecule has 0 aliphatic heterocycles. The van der Waals surface area contributed by atoms with Gasteiger partial charge in [0.2, 0.25) is 5.88 Å². The first kappa shape index (κ1) is 26.0. The average molecular weight is 533 g/mol. The van der Waals surface area contributed by atoms with Gasteiger partial charge in [0.15, 0.2) is 15.5 Å². The summed E-state index contributed by atoms with van der Waals surface area (Å²) in [4.78, 5) is 13.1. The van der Waals surface area contributed by atoms with Crippen LogP contribution in [0.1, 0.15) is 45.7 Å². The van der Waals surface area contributed by atoms with Gasteiger partial charge in [-0.05, 0) is 56.5 Å². The van der Waals surface area contributed by atoms with Crippen molar-refractivity contribution in [1.29, 1.82) is 5.26 Å². The molecule has 0 radical (unpaired) electrons. The molecule has 192 valence electrons. The standard InChI is InChI=1S/C23H19F3N6O4S/c1-12-9-16(22(11-27)7-8-22)29-31-20(12)36-21-17(13(2)18(30-32-21)23(24,25)26)19(33)28-14-5-4-6-15(10-14)37(3,34)35/h4-6,9-10H,7-8H2,1-3H3,(H,28,33). The van der Waals surface area contributed by atoms with E-state index in [1.807, 2.05) is 0 Å². The molecule has 2 aromatic heterocycles. The molecule has 1 aliphatic rings. The Morgan fingerprint density at radius 1 is 1.11 bits per heavy atom. The average Bonchev–Trinajstić information content (AvgIpc) is 3.60. The highest BCUT2D eigenvalue weighted by Crippen LogP contribution is 2.47. The van der Waals surface area contributed by atoms with E-state index in [1.165, 1.54) is 24.3 Å². The van der Waals surface area contributed by atoms with Crippen molar-refractivity contribution in [2.45, 2.75) is 43.2 Å². The number of carbonyl (C=O) groups is 1. The number of rotatable bonds is 6. The van der Waals surface area contributed by atoms with Gasteiger partial charge in [-0.3, -0.25) is 4.79 Å². The summed E-state index contributed by atoms with van der Waals surface area (Å²) >= 11 is 0. The van der Waals surface area contributed by atoms with E-state index in [9.17, 15) is 31.6 Å². The number of amides is 1. The number of anilines is 1. The summed E-state index contributed by atoms with van der Waals surface area (Å²) in [5.41, 5.74) is -2.36. The van der Waals surface area contributed by atoms with E-state index in [2.05, 4.69) is 31.8 Å². The van der Waals surface area contributed by atoms with Crippen LogP contribution in [-0.4, -0.2) is 41.0 Å². The maximum Gasteiger partial charge on any atom is 0.435 e. The molecule has 1 aromatic carbocycles. The molecule has 1 fully saturated rings. The fraction of sp³-hybridized carbons (Fsp3) is 0.304. The molecule has 14 heteroatoms. The highest BCUT2D eigenvalue weighted by molar-refractivity contribution is 7.90. The number of hydrogen-bond donors (Lipinski definition) is 1. The molecule has 0 atom stereocenters. The van der Waals surface area contributed by atoms with Crippen molar-refractivity contribution < 1.29 is 31.1 Å². The zero-order chi connectivity index (χ0) is 27.2. The van der Waals surface area contributed by atoms with Crippen molar-refractivity contribution in [2.24, 2.45) is 0 Å². The molecular formula is C23H19F3N6O4S. The molecule has 1 aliphatic carbocycles. The normalized spacial score (nSPS) is 14.5. The monoisotopic (exact) mass is 532 g/mol. The van der Waals surface area contributed by atoms with Crippen LogP contribution < -0.4 is 10.1 Å². The van der Waals surface area contributed by atoms with Crippen LogP contribution in [0.5, 0.6) is 11.8 Å². The summed E-state index contributed by atoms with van der Waals surface area (Å²) in [6.45, 7) is 2.64. The second kappa shape index (κ2) is 9.07. The quantitative estimate of drug-likeness (QED) is 0.499. The van der Waals surface area contributed by atoms with E-state index in [0.717, 1.165) is 13.2 Å². The third-order valence-corrected chi connectivity index (χ3v) is 6.90. The molecule has 3 aromatic rings. The third-order valence-electron chi connectivity index (χ3n) is 5.79. The SMILES string of the molecule is Cc1cc(C2(C#N)CC2)nnc1Oc1nnc(C(F)(F)F)c(C)c1C(=O)Nc1cccc(S(C)(=O)=O)c1. The maximum absolute atomic E-state index is 13.5. The van der Waals surface area contributed by atoms with E-state index < -0.39 is 50.0 Å². The predicted octanol–water partition coefficient (Wildman–Crippen LogP) is 3.91. The molecule has 4 rings (SSSR count). The lowest BCUT2D eigenvalue weighted by Gasteiger charge is -2.16. The van der Waals surface area contributed by atoms with E-state index in [-0.39, 0.29) is 16.5 Å². The molecule has 1 N–H and O–H groups in total. The molecule has 1 amide bonds. The number of ether oxygens (including phenoxy) is 1. The van der Waals surface area contributed by atoms with Crippen molar-refractivity contribution in [3.05, 3.63) is 58.4 Å². The van der Waals surface area contributed by atoms with E-state index >= 15 is 0 Å². The van der Waals surface area contributed by atoms with Gasteiger partial charge in [-0.15, -0.1) is 15.3 Å². The summed E-state index contributed by atoms with van der Waals surface area (Å²) in [5.74, 6) is -1.74. The van der Waals surface area contributed by atoms with Crippen molar-refractivity contribution in [1.82, 2.24) is 20.4 Å². The van der Waals surface area contributed by atoms with Crippen LogP contribution in [0.4, 0.5) is 18.9 Å². The summed E-state index contributed by atoms with van der Waals surface area (Å²) in [6.07, 6.45) is -2.67. The van der Waals surface area contributed by atoms with Crippen LogP contribution in [-0.2, 0) is 21.4 Å². The van der Waals surface area contributed by atoms with E-state index in [1.54, 1.807) is 13.0 Å². The molecule has 2 heterocycles. The molecule has 0 bridgehead atoms. The number of aromatic nitrogens is 4. The molecule has 1 saturated carbocycles. The minimum atomic E-state index is -4.91. The number of nitrogens with one attached hydrogen (secondary N) is 1. The first-order chi connectivity index (χ1) is 17.2. The molecule has 0 saturated heterocycles. The predicted molar refractivity (Wildman–Crippen MR) is 123 cm³/mol. The van der Waals surface area contributed by atoms with Crippen LogP contribution in [0.3, 0.4) is 0 Å². The number of alkyl halides is 3. The summed E-state index contributed by atoms with van der Waals surface area (Å²) in [6, 6.07) is 8.99. The Balaban J connectivity index is 1.74. The number of halogens is 3. The van der Waals surface area contributed by atoms with Gasteiger partial charge < -0.3 is 10.1 Å². The lowest BCUT2D eigenvalue weighted by molar-refractivity contribution is -0.142. The highest BCUT2D eigenvalue weighted by Gasteiger charge is 2.47.